The quantitative estimate of drug-likeness (QED) is 0.293. The Morgan fingerprint density at radius 1 is 0.971 bits per heavy atom. The molecule has 176 valence electrons. The van der Waals surface area contributed by atoms with Gasteiger partial charge in [0.15, 0.2) is 0 Å². The minimum absolute atomic E-state index is 0.105. The Morgan fingerprint density at radius 3 is 2.44 bits per heavy atom. The maximum atomic E-state index is 6.50. The first kappa shape index (κ1) is 22.8. The van der Waals surface area contributed by atoms with Gasteiger partial charge in [-0.2, -0.15) is 5.10 Å². The van der Waals surface area contributed by atoms with Crippen molar-refractivity contribution in [2.75, 3.05) is 13.2 Å². The van der Waals surface area contributed by atoms with Crippen LogP contribution in [0.2, 0.25) is 0 Å². The van der Waals surface area contributed by atoms with Crippen molar-refractivity contribution in [3.63, 3.8) is 0 Å². The number of rotatable bonds is 8. The average molecular weight is 521 g/mol. The molecular formula is C28H29BrN2O3. The second-order valence-corrected chi connectivity index (χ2v) is 9.44. The maximum absolute atomic E-state index is 6.50. The molecule has 0 amide bonds. The minimum atomic E-state index is -0.302. The second-order valence-electron chi connectivity index (χ2n) is 8.53. The molecule has 6 heteroatoms. The fraction of sp³-hybridized carbons (Fsp3) is 0.321. The third kappa shape index (κ3) is 4.64. The third-order valence-corrected chi connectivity index (χ3v) is 6.68. The predicted octanol–water partition coefficient (Wildman–Crippen LogP) is 7.27. The SMILES string of the molecule is CCCCOc1ccc(C2Oc3ccc(Br)cc3C3CC(c4ccc(OCC)cc4)=NN32)cc1. The molecule has 5 nitrogen and oxygen atoms in total. The molecule has 2 unspecified atom stereocenters. The van der Waals surface area contributed by atoms with Gasteiger partial charge in [-0.3, -0.25) is 0 Å². The van der Waals surface area contributed by atoms with Crippen LogP contribution < -0.4 is 14.2 Å². The lowest BCUT2D eigenvalue weighted by molar-refractivity contribution is -0.0191. The summed E-state index contributed by atoms with van der Waals surface area (Å²) >= 11 is 3.62. The Morgan fingerprint density at radius 2 is 1.71 bits per heavy atom. The molecular weight excluding hydrogens is 492 g/mol. The molecule has 3 aromatic rings. The number of hydrazone groups is 1. The Hall–Kier alpha value is -2.99. The summed E-state index contributed by atoms with van der Waals surface area (Å²) in [6.07, 6.45) is 2.69. The van der Waals surface area contributed by atoms with Crippen LogP contribution >= 0.6 is 15.9 Å². The van der Waals surface area contributed by atoms with Crippen LogP contribution in [0.15, 0.2) is 76.3 Å². The number of nitrogens with zero attached hydrogens (tertiary/aromatic N) is 2. The zero-order valence-corrected chi connectivity index (χ0v) is 21.1. The fourth-order valence-corrected chi connectivity index (χ4v) is 4.80. The highest BCUT2D eigenvalue weighted by Crippen LogP contribution is 2.48. The zero-order valence-electron chi connectivity index (χ0n) is 19.5. The molecule has 5 rings (SSSR count). The number of ether oxygens (including phenoxy) is 3. The first-order chi connectivity index (χ1) is 16.7. The molecule has 2 heterocycles. The summed E-state index contributed by atoms with van der Waals surface area (Å²) in [6.45, 7) is 5.55. The molecule has 0 N–H and O–H groups in total. The Labute approximate surface area is 209 Å². The minimum Gasteiger partial charge on any atom is -0.494 e. The van der Waals surface area contributed by atoms with E-state index in [0.717, 1.165) is 70.0 Å². The van der Waals surface area contributed by atoms with E-state index in [2.05, 4.69) is 58.2 Å². The van der Waals surface area contributed by atoms with Gasteiger partial charge in [-0.05, 0) is 85.6 Å². The van der Waals surface area contributed by atoms with Crippen LogP contribution in [0, 0.1) is 0 Å². The monoisotopic (exact) mass is 520 g/mol. The topological polar surface area (TPSA) is 43.3 Å². The molecule has 0 spiro atoms. The highest BCUT2D eigenvalue weighted by molar-refractivity contribution is 9.10. The van der Waals surface area contributed by atoms with Crippen molar-refractivity contribution in [3.05, 3.63) is 87.9 Å². The number of hydrogen-bond donors (Lipinski definition) is 0. The molecule has 2 aliphatic rings. The van der Waals surface area contributed by atoms with Crippen LogP contribution in [0.5, 0.6) is 17.2 Å². The molecule has 0 saturated carbocycles. The summed E-state index contributed by atoms with van der Waals surface area (Å²) in [7, 11) is 0. The predicted molar refractivity (Wildman–Crippen MR) is 138 cm³/mol. The number of halogens is 1. The van der Waals surface area contributed by atoms with Gasteiger partial charge in [0.05, 0.1) is 25.0 Å². The lowest BCUT2D eigenvalue weighted by Gasteiger charge is -2.38. The van der Waals surface area contributed by atoms with Gasteiger partial charge >= 0.3 is 0 Å². The van der Waals surface area contributed by atoms with Gasteiger partial charge in [0.2, 0.25) is 6.23 Å². The Balaban J connectivity index is 1.45. The van der Waals surface area contributed by atoms with Crippen molar-refractivity contribution in [3.8, 4) is 17.2 Å². The van der Waals surface area contributed by atoms with Crippen LogP contribution in [0.25, 0.3) is 0 Å². The summed E-state index contributed by atoms with van der Waals surface area (Å²) in [4.78, 5) is 0. The van der Waals surface area contributed by atoms with Crippen molar-refractivity contribution in [2.45, 2.75) is 45.4 Å². The third-order valence-electron chi connectivity index (χ3n) is 6.18. The molecule has 0 radical (unpaired) electrons. The molecule has 0 aliphatic carbocycles. The standard InChI is InChI=1S/C28H29BrN2O3/c1-3-5-16-33-23-13-8-20(9-14-23)28-31-26(24-17-21(29)10-15-27(24)34-28)18-25(30-31)19-6-11-22(12-7-19)32-4-2/h6-15,17,26,28H,3-5,16,18H2,1-2H3. The summed E-state index contributed by atoms with van der Waals surface area (Å²) < 4.78 is 19.0. The fourth-order valence-electron chi connectivity index (χ4n) is 4.43. The molecule has 0 bridgehead atoms. The highest BCUT2D eigenvalue weighted by atomic mass is 79.9. The van der Waals surface area contributed by atoms with E-state index in [9.17, 15) is 0 Å². The Kier molecular flexibility index (Phi) is 6.77. The highest BCUT2D eigenvalue weighted by Gasteiger charge is 2.41. The second kappa shape index (κ2) is 10.1. The summed E-state index contributed by atoms with van der Waals surface area (Å²) in [5.41, 5.74) is 4.36. The van der Waals surface area contributed by atoms with Crippen molar-refractivity contribution in [1.82, 2.24) is 5.01 Å². The van der Waals surface area contributed by atoms with Crippen LogP contribution in [-0.2, 0) is 0 Å². The van der Waals surface area contributed by atoms with Gasteiger partial charge < -0.3 is 14.2 Å². The molecule has 0 fully saturated rings. The van der Waals surface area contributed by atoms with E-state index in [1.54, 1.807) is 0 Å². The van der Waals surface area contributed by atoms with Gasteiger partial charge in [-0.1, -0.05) is 29.3 Å². The summed E-state index contributed by atoms with van der Waals surface area (Å²) in [5.74, 6) is 2.66. The first-order valence-electron chi connectivity index (χ1n) is 11.9. The summed E-state index contributed by atoms with van der Waals surface area (Å²) in [5, 5.41) is 7.17. The van der Waals surface area contributed by atoms with Crippen LogP contribution in [0.1, 0.15) is 62.1 Å². The van der Waals surface area contributed by atoms with Crippen LogP contribution in [0.4, 0.5) is 0 Å². The zero-order chi connectivity index (χ0) is 23.5. The van der Waals surface area contributed by atoms with E-state index in [4.69, 9.17) is 19.3 Å². The number of unbranched alkanes of at least 4 members (excludes halogenated alkanes) is 1. The van der Waals surface area contributed by atoms with Gasteiger partial charge in [0.1, 0.15) is 17.2 Å². The number of benzene rings is 3. The lowest BCUT2D eigenvalue weighted by atomic mass is 9.96. The first-order valence-corrected chi connectivity index (χ1v) is 12.7. The largest absolute Gasteiger partial charge is 0.494 e. The van der Waals surface area contributed by atoms with Gasteiger partial charge in [-0.15, -0.1) is 0 Å². The number of fused-ring (bicyclic) bond motifs is 3. The van der Waals surface area contributed by atoms with Crippen molar-refractivity contribution in [2.24, 2.45) is 5.10 Å². The molecule has 0 saturated heterocycles. The molecule has 0 aromatic heterocycles. The van der Waals surface area contributed by atoms with Gasteiger partial charge in [-0.25, -0.2) is 5.01 Å². The van der Waals surface area contributed by atoms with Gasteiger partial charge in [0, 0.05) is 22.0 Å². The molecule has 3 aromatic carbocycles. The maximum Gasteiger partial charge on any atom is 0.213 e. The van der Waals surface area contributed by atoms with E-state index in [0.29, 0.717) is 6.61 Å². The van der Waals surface area contributed by atoms with Crippen LogP contribution in [0.3, 0.4) is 0 Å². The van der Waals surface area contributed by atoms with E-state index in [-0.39, 0.29) is 12.3 Å². The van der Waals surface area contributed by atoms with Crippen molar-refractivity contribution in [1.29, 1.82) is 0 Å². The normalized spacial score (nSPS) is 18.6. The van der Waals surface area contributed by atoms with Gasteiger partial charge in [0.25, 0.3) is 0 Å². The van der Waals surface area contributed by atoms with E-state index in [1.165, 1.54) is 0 Å². The molecule has 2 atom stereocenters. The van der Waals surface area contributed by atoms with Crippen molar-refractivity contribution >= 4 is 21.6 Å². The average Bonchev–Trinajstić information content (AvgIpc) is 3.31. The van der Waals surface area contributed by atoms with E-state index >= 15 is 0 Å². The molecule has 2 aliphatic heterocycles. The lowest BCUT2D eigenvalue weighted by Crippen LogP contribution is -2.33. The smallest absolute Gasteiger partial charge is 0.213 e. The van der Waals surface area contributed by atoms with Crippen molar-refractivity contribution < 1.29 is 14.2 Å². The van der Waals surface area contributed by atoms with E-state index in [1.807, 2.05) is 43.3 Å². The van der Waals surface area contributed by atoms with E-state index < -0.39 is 0 Å². The Bertz CT molecular complexity index is 1160. The summed E-state index contributed by atoms with van der Waals surface area (Å²) in [6, 6.07) is 22.7. The molecule has 34 heavy (non-hydrogen) atoms. The van der Waals surface area contributed by atoms with Crippen LogP contribution in [-0.4, -0.2) is 23.9 Å². The number of hydrogen-bond acceptors (Lipinski definition) is 5.